The van der Waals surface area contributed by atoms with Crippen LogP contribution in [0.3, 0.4) is 0 Å². The SMILES string of the molecule is CCCCc1c([C@@H]2C(C)=CC(C)C[C@@H]2C)c(C(C)C)nn1-c1cc(C)cc(Oc2ccc3c4ccccc4n(-c4cc(C)ccn4)c3c2)c1. The van der Waals surface area contributed by atoms with Gasteiger partial charge in [0.1, 0.15) is 17.3 Å². The predicted molar refractivity (Wildman–Crippen MR) is 204 cm³/mol. The van der Waals surface area contributed by atoms with Crippen LogP contribution in [0.5, 0.6) is 11.5 Å². The summed E-state index contributed by atoms with van der Waals surface area (Å²) < 4.78 is 11.2. The van der Waals surface area contributed by atoms with E-state index in [1.165, 1.54) is 45.3 Å². The standard InChI is InChI=1S/C44H50N4O/c1-9-10-14-39-43(42-31(7)20-29(5)21-32(42)8)44(27(2)3)46-48(39)33-22-30(6)23-35(25-33)49-34-16-17-37-36-13-11-12-15-38(36)47(40(37)26-34)41-24-28(4)18-19-45-41/h11-13,15-20,22-27,29,32,42H,9-10,14,21H2,1-8H3/t29?,32-,42+/m0/s1. The molecule has 0 radical (unpaired) electrons. The number of rotatable bonds is 9. The number of aromatic nitrogens is 4. The van der Waals surface area contributed by atoms with Crippen molar-refractivity contribution in [2.75, 3.05) is 0 Å². The van der Waals surface area contributed by atoms with Crippen molar-refractivity contribution in [3.05, 3.63) is 119 Å². The summed E-state index contributed by atoms with van der Waals surface area (Å²) in [6, 6.07) is 25.7. The van der Waals surface area contributed by atoms with Gasteiger partial charge in [-0.15, -0.1) is 0 Å². The fourth-order valence-corrected chi connectivity index (χ4v) is 8.30. The molecule has 1 unspecified atom stereocenters. The third kappa shape index (κ3) is 6.20. The highest BCUT2D eigenvalue weighted by Gasteiger charge is 2.34. The van der Waals surface area contributed by atoms with Gasteiger partial charge < -0.3 is 4.74 Å². The van der Waals surface area contributed by atoms with Crippen LogP contribution in [0.1, 0.15) is 101 Å². The summed E-state index contributed by atoms with van der Waals surface area (Å²) in [6.07, 6.45) is 8.88. The smallest absolute Gasteiger partial charge is 0.137 e. The fourth-order valence-electron chi connectivity index (χ4n) is 8.30. The van der Waals surface area contributed by atoms with Gasteiger partial charge in [0, 0.05) is 46.3 Å². The number of hydrogen-bond donors (Lipinski definition) is 0. The Morgan fingerprint density at radius 1 is 0.857 bits per heavy atom. The molecule has 3 aromatic heterocycles. The first kappa shape index (κ1) is 32.9. The van der Waals surface area contributed by atoms with E-state index in [4.69, 9.17) is 14.8 Å². The number of unbranched alkanes of at least 4 members (excludes halogenated alkanes) is 1. The van der Waals surface area contributed by atoms with Gasteiger partial charge in [0.15, 0.2) is 0 Å². The monoisotopic (exact) mass is 650 g/mol. The summed E-state index contributed by atoms with van der Waals surface area (Å²) in [4.78, 5) is 4.76. The van der Waals surface area contributed by atoms with E-state index in [-0.39, 0.29) is 0 Å². The van der Waals surface area contributed by atoms with Crippen molar-refractivity contribution >= 4 is 21.8 Å². The molecule has 0 N–H and O–H groups in total. The normalized spacial score (nSPS) is 18.1. The van der Waals surface area contributed by atoms with Crippen LogP contribution in [0.15, 0.2) is 90.6 Å². The van der Waals surface area contributed by atoms with Crippen LogP contribution in [0.2, 0.25) is 0 Å². The minimum absolute atomic E-state index is 0.331. The van der Waals surface area contributed by atoms with Crippen LogP contribution in [0.4, 0.5) is 0 Å². The molecule has 252 valence electrons. The number of fused-ring (bicyclic) bond motifs is 3. The fraction of sp³-hybridized carbons (Fsp3) is 0.364. The molecule has 0 saturated carbocycles. The quantitative estimate of drug-likeness (QED) is 0.146. The number of para-hydroxylation sites is 1. The molecule has 6 aromatic rings. The second-order valence-corrected chi connectivity index (χ2v) is 14.8. The second-order valence-electron chi connectivity index (χ2n) is 14.8. The lowest BCUT2D eigenvalue weighted by molar-refractivity contribution is 0.388. The van der Waals surface area contributed by atoms with E-state index >= 15 is 0 Å². The molecule has 3 heterocycles. The summed E-state index contributed by atoms with van der Waals surface area (Å²) in [5.74, 6) is 4.44. The van der Waals surface area contributed by atoms with Gasteiger partial charge in [-0.3, -0.25) is 4.57 Å². The lowest BCUT2D eigenvalue weighted by Gasteiger charge is -2.33. The van der Waals surface area contributed by atoms with Crippen molar-refractivity contribution < 1.29 is 4.74 Å². The molecule has 3 aromatic carbocycles. The Bertz CT molecular complexity index is 2180. The summed E-state index contributed by atoms with van der Waals surface area (Å²) in [5.41, 5.74) is 11.1. The Labute approximate surface area is 291 Å². The van der Waals surface area contributed by atoms with E-state index in [9.17, 15) is 0 Å². The van der Waals surface area contributed by atoms with Gasteiger partial charge in [-0.2, -0.15) is 5.10 Å². The van der Waals surface area contributed by atoms with Crippen LogP contribution in [0.25, 0.3) is 33.3 Å². The maximum Gasteiger partial charge on any atom is 0.137 e. The van der Waals surface area contributed by atoms with Crippen LogP contribution in [0, 0.1) is 25.7 Å². The molecule has 3 atom stereocenters. The maximum atomic E-state index is 6.72. The van der Waals surface area contributed by atoms with Crippen molar-refractivity contribution in [1.29, 1.82) is 0 Å². The van der Waals surface area contributed by atoms with Gasteiger partial charge in [-0.25, -0.2) is 9.67 Å². The summed E-state index contributed by atoms with van der Waals surface area (Å²) in [6.45, 7) is 18.3. The summed E-state index contributed by atoms with van der Waals surface area (Å²) in [7, 11) is 0. The van der Waals surface area contributed by atoms with Gasteiger partial charge in [0.25, 0.3) is 0 Å². The van der Waals surface area contributed by atoms with E-state index in [0.29, 0.717) is 23.7 Å². The van der Waals surface area contributed by atoms with Crippen molar-refractivity contribution in [3.8, 4) is 23.0 Å². The zero-order valence-electron chi connectivity index (χ0n) is 30.4. The van der Waals surface area contributed by atoms with Crippen molar-refractivity contribution in [2.24, 2.45) is 11.8 Å². The third-order valence-electron chi connectivity index (χ3n) is 10.3. The first-order valence-corrected chi connectivity index (χ1v) is 18.2. The van der Waals surface area contributed by atoms with Gasteiger partial charge in [0.2, 0.25) is 0 Å². The number of nitrogens with zero attached hydrogens (tertiary/aromatic N) is 4. The molecular formula is C44H50N4O. The third-order valence-corrected chi connectivity index (χ3v) is 10.3. The highest BCUT2D eigenvalue weighted by molar-refractivity contribution is 6.09. The Morgan fingerprint density at radius 3 is 2.41 bits per heavy atom. The van der Waals surface area contributed by atoms with Crippen molar-refractivity contribution in [2.45, 2.75) is 92.9 Å². The van der Waals surface area contributed by atoms with Crippen molar-refractivity contribution in [1.82, 2.24) is 19.3 Å². The molecule has 5 nitrogen and oxygen atoms in total. The molecule has 5 heteroatoms. The molecule has 1 aliphatic carbocycles. The first-order valence-electron chi connectivity index (χ1n) is 18.2. The number of allylic oxidation sites excluding steroid dienone is 2. The van der Waals surface area contributed by atoms with Crippen LogP contribution in [-0.2, 0) is 6.42 Å². The molecular weight excluding hydrogens is 601 g/mol. The minimum atomic E-state index is 0.331. The van der Waals surface area contributed by atoms with Gasteiger partial charge >= 0.3 is 0 Å². The minimum Gasteiger partial charge on any atom is -0.457 e. The highest BCUT2D eigenvalue weighted by atomic mass is 16.5. The summed E-state index contributed by atoms with van der Waals surface area (Å²) >= 11 is 0. The Kier molecular flexibility index (Phi) is 8.96. The van der Waals surface area contributed by atoms with E-state index in [0.717, 1.165) is 58.9 Å². The first-order chi connectivity index (χ1) is 23.6. The molecule has 7 rings (SSSR count). The van der Waals surface area contributed by atoms with Crippen molar-refractivity contribution in [3.63, 3.8) is 0 Å². The zero-order valence-corrected chi connectivity index (χ0v) is 30.4. The highest BCUT2D eigenvalue weighted by Crippen LogP contribution is 2.45. The topological polar surface area (TPSA) is 44.9 Å². The van der Waals surface area contributed by atoms with E-state index < -0.39 is 0 Å². The molecule has 0 bridgehead atoms. The number of pyridine rings is 1. The molecule has 0 aliphatic heterocycles. The maximum absolute atomic E-state index is 6.72. The zero-order chi connectivity index (χ0) is 34.4. The number of aryl methyl sites for hydroxylation is 2. The van der Waals surface area contributed by atoms with E-state index in [1.54, 1.807) is 0 Å². The van der Waals surface area contributed by atoms with Gasteiger partial charge in [-0.1, -0.05) is 70.9 Å². The molecule has 0 amide bonds. The number of hydrogen-bond acceptors (Lipinski definition) is 3. The van der Waals surface area contributed by atoms with Gasteiger partial charge in [-0.05, 0) is 111 Å². The predicted octanol–water partition coefficient (Wildman–Crippen LogP) is 11.9. The Morgan fingerprint density at radius 2 is 1.65 bits per heavy atom. The lowest BCUT2D eigenvalue weighted by atomic mass is 9.71. The Hall–Kier alpha value is -4.64. The average molecular weight is 651 g/mol. The summed E-state index contributed by atoms with van der Waals surface area (Å²) in [5, 5.41) is 7.81. The molecule has 0 fully saturated rings. The molecule has 49 heavy (non-hydrogen) atoms. The average Bonchev–Trinajstić information content (AvgIpc) is 3.59. The number of benzene rings is 3. The largest absolute Gasteiger partial charge is 0.457 e. The lowest BCUT2D eigenvalue weighted by Crippen LogP contribution is -2.21. The molecule has 1 aliphatic rings. The van der Waals surface area contributed by atoms with E-state index in [2.05, 4.69) is 137 Å². The van der Waals surface area contributed by atoms with Crippen LogP contribution >= 0.6 is 0 Å². The number of ether oxygens (including phenoxy) is 1. The van der Waals surface area contributed by atoms with Gasteiger partial charge in [0.05, 0.1) is 22.4 Å². The van der Waals surface area contributed by atoms with Crippen LogP contribution < -0.4 is 4.74 Å². The molecule has 0 saturated heterocycles. The van der Waals surface area contributed by atoms with Crippen LogP contribution in [-0.4, -0.2) is 19.3 Å². The Balaban J connectivity index is 1.33. The van der Waals surface area contributed by atoms with E-state index in [1.807, 2.05) is 12.3 Å². The second kappa shape index (κ2) is 13.3. The molecule has 0 spiro atoms.